The molecular formula is C21H18F5N5OS. The molecule has 0 spiro atoms. The Bertz CT molecular complexity index is 1230. The number of allylic oxidation sites excluding steroid dienone is 1. The van der Waals surface area contributed by atoms with E-state index in [1.165, 1.54) is 18.6 Å². The van der Waals surface area contributed by atoms with Crippen molar-refractivity contribution in [2.24, 2.45) is 5.92 Å². The van der Waals surface area contributed by atoms with Crippen LogP contribution >= 0.6 is 11.9 Å². The molecule has 33 heavy (non-hydrogen) atoms. The van der Waals surface area contributed by atoms with Crippen molar-refractivity contribution in [1.82, 2.24) is 15.0 Å². The average Bonchev–Trinajstić information content (AvgIpc) is 3.22. The molecule has 174 valence electrons. The number of benzene rings is 1. The number of rotatable bonds is 6. The first-order valence-corrected chi connectivity index (χ1v) is 10.8. The third kappa shape index (κ3) is 4.52. The van der Waals surface area contributed by atoms with Gasteiger partial charge >= 0.3 is 6.18 Å². The van der Waals surface area contributed by atoms with Crippen LogP contribution in [0.2, 0.25) is 0 Å². The molecular weight excluding hydrogens is 465 g/mol. The normalized spacial score (nSPS) is 18.5. The van der Waals surface area contributed by atoms with E-state index in [-0.39, 0.29) is 29.3 Å². The molecule has 0 aliphatic heterocycles. The molecule has 0 fully saturated rings. The maximum Gasteiger partial charge on any atom is 0.395 e. The minimum atomic E-state index is -4.29. The van der Waals surface area contributed by atoms with Gasteiger partial charge in [-0.25, -0.2) is 18.7 Å². The van der Waals surface area contributed by atoms with Gasteiger partial charge in [-0.15, -0.1) is 0 Å². The van der Waals surface area contributed by atoms with E-state index in [1.54, 1.807) is 7.05 Å². The van der Waals surface area contributed by atoms with Crippen molar-refractivity contribution in [3.05, 3.63) is 59.6 Å². The Hall–Kier alpha value is -3.15. The summed E-state index contributed by atoms with van der Waals surface area (Å²) in [5.41, 5.74) is -0.597. The number of aromatic amines is 1. The third-order valence-electron chi connectivity index (χ3n) is 5.33. The van der Waals surface area contributed by atoms with Crippen molar-refractivity contribution in [1.29, 1.82) is 0 Å². The zero-order chi connectivity index (χ0) is 23.8. The van der Waals surface area contributed by atoms with E-state index in [9.17, 15) is 22.4 Å². The van der Waals surface area contributed by atoms with Gasteiger partial charge in [-0.2, -0.15) is 13.2 Å². The van der Waals surface area contributed by atoms with Crippen molar-refractivity contribution in [3.8, 4) is 0 Å². The van der Waals surface area contributed by atoms with Crippen LogP contribution in [0.3, 0.4) is 0 Å². The number of fused-ring (bicyclic) bond motifs is 1. The summed E-state index contributed by atoms with van der Waals surface area (Å²) >= 11 is 0.996. The monoisotopic (exact) mass is 483 g/mol. The number of carbonyl (C=O) groups excluding carboxylic acids is 1. The van der Waals surface area contributed by atoms with Gasteiger partial charge in [-0.05, 0) is 36.9 Å². The van der Waals surface area contributed by atoms with Gasteiger partial charge in [0.2, 0.25) is 5.78 Å². The first-order chi connectivity index (χ1) is 15.7. The maximum absolute atomic E-state index is 15.2. The zero-order valence-electron chi connectivity index (χ0n) is 17.1. The fourth-order valence-electron chi connectivity index (χ4n) is 3.61. The van der Waals surface area contributed by atoms with Crippen molar-refractivity contribution in [3.63, 3.8) is 0 Å². The standard InChI is InChI=1S/C21H18F5N5OS/c1-27-19-15-12(8-28-20(15)30-9-29-19)18(32)16-13(22)6-7-14(17(16)23)31-33-11-4-2-10(3-5-11)21(24,25)26/h2,4,6-11,31H,3,5H2,1H3,(H2,27,28,29,30). The predicted molar refractivity (Wildman–Crippen MR) is 116 cm³/mol. The Labute approximate surface area is 189 Å². The number of alkyl halides is 3. The van der Waals surface area contributed by atoms with Crippen LogP contribution in [-0.2, 0) is 0 Å². The van der Waals surface area contributed by atoms with Crippen LogP contribution < -0.4 is 10.0 Å². The molecule has 1 aliphatic carbocycles. The Balaban J connectivity index is 1.58. The zero-order valence-corrected chi connectivity index (χ0v) is 18.0. The lowest BCUT2D eigenvalue weighted by molar-refractivity contribution is -0.163. The van der Waals surface area contributed by atoms with Gasteiger partial charge in [0.25, 0.3) is 0 Å². The van der Waals surface area contributed by atoms with Crippen molar-refractivity contribution in [2.45, 2.75) is 24.3 Å². The molecule has 4 rings (SSSR count). The number of ketones is 1. The fraction of sp³-hybridized carbons (Fsp3) is 0.286. The summed E-state index contributed by atoms with van der Waals surface area (Å²) in [6, 6.07) is 2.09. The molecule has 1 aliphatic rings. The van der Waals surface area contributed by atoms with Crippen LogP contribution in [-0.4, -0.2) is 39.2 Å². The summed E-state index contributed by atoms with van der Waals surface area (Å²) in [4.78, 5) is 23.9. The van der Waals surface area contributed by atoms with Gasteiger partial charge in [0.15, 0.2) is 5.82 Å². The fourth-order valence-corrected chi connectivity index (χ4v) is 4.47. The summed E-state index contributed by atoms with van der Waals surface area (Å²) in [5.74, 6) is -4.23. The number of H-pyrrole nitrogens is 1. The number of nitrogens with one attached hydrogen (secondary N) is 3. The summed E-state index contributed by atoms with van der Waals surface area (Å²) in [6.07, 6.45) is 0.951. The molecule has 0 bridgehead atoms. The molecule has 0 radical (unpaired) electrons. The second-order valence-electron chi connectivity index (χ2n) is 7.38. The lowest BCUT2D eigenvalue weighted by Crippen LogP contribution is -2.25. The van der Waals surface area contributed by atoms with Crippen LogP contribution in [0.4, 0.5) is 33.5 Å². The maximum atomic E-state index is 15.2. The number of carbonyl (C=O) groups is 1. The second kappa shape index (κ2) is 9.00. The molecule has 2 heterocycles. The Morgan fingerprint density at radius 2 is 1.97 bits per heavy atom. The van der Waals surface area contributed by atoms with Crippen LogP contribution in [0, 0.1) is 17.6 Å². The smallest absolute Gasteiger partial charge is 0.372 e. The molecule has 3 aromatic rings. The van der Waals surface area contributed by atoms with E-state index < -0.39 is 35.1 Å². The lowest BCUT2D eigenvalue weighted by atomic mass is 9.95. The molecule has 3 N–H and O–H groups in total. The van der Waals surface area contributed by atoms with Crippen LogP contribution in [0.15, 0.2) is 36.8 Å². The molecule has 2 aromatic heterocycles. The van der Waals surface area contributed by atoms with Crippen molar-refractivity contribution in [2.75, 3.05) is 17.1 Å². The minimum Gasteiger partial charge on any atom is -0.372 e. The van der Waals surface area contributed by atoms with E-state index in [1.807, 2.05) is 0 Å². The highest BCUT2D eigenvalue weighted by atomic mass is 32.2. The number of nitrogens with zero attached hydrogens (tertiary/aromatic N) is 2. The third-order valence-corrected chi connectivity index (χ3v) is 6.36. The van der Waals surface area contributed by atoms with Crippen molar-refractivity contribution < 1.29 is 26.7 Å². The molecule has 6 nitrogen and oxygen atoms in total. The largest absolute Gasteiger partial charge is 0.395 e. The van der Waals surface area contributed by atoms with E-state index in [2.05, 4.69) is 25.0 Å². The number of aromatic nitrogens is 3. The van der Waals surface area contributed by atoms with E-state index in [0.717, 1.165) is 30.2 Å². The molecule has 1 aromatic carbocycles. The number of anilines is 2. The average molecular weight is 483 g/mol. The molecule has 0 saturated carbocycles. The predicted octanol–water partition coefficient (Wildman–Crippen LogP) is 5.47. The number of hydrogen-bond acceptors (Lipinski definition) is 6. The molecule has 2 atom stereocenters. The highest BCUT2D eigenvalue weighted by molar-refractivity contribution is 8.01. The second-order valence-corrected chi connectivity index (χ2v) is 8.43. The Morgan fingerprint density at radius 3 is 2.64 bits per heavy atom. The summed E-state index contributed by atoms with van der Waals surface area (Å²) in [6.45, 7) is 0. The van der Waals surface area contributed by atoms with Crippen LogP contribution in [0.1, 0.15) is 28.8 Å². The molecule has 0 amide bonds. The van der Waals surface area contributed by atoms with Gasteiger partial charge in [0.1, 0.15) is 23.6 Å². The first kappa shape index (κ1) is 23.0. The van der Waals surface area contributed by atoms with Gasteiger partial charge in [0, 0.05) is 18.5 Å². The van der Waals surface area contributed by atoms with Crippen LogP contribution in [0.25, 0.3) is 11.0 Å². The van der Waals surface area contributed by atoms with Crippen LogP contribution in [0.5, 0.6) is 0 Å². The van der Waals surface area contributed by atoms with Gasteiger partial charge in [0.05, 0.1) is 28.1 Å². The summed E-state index contributed by atoms with van der Waals surface area (Å²) in [5, 5.41) is 2.77. The molecule has 12 heteroatoms. The highest BCUT2D eigenvalue weighted by Gasteiger charge is 2.39. The molecule has 2 unspecified atom stereocenters. The molecule has 0 saturated heterocycles. The summed E-state index contributed by atoms with van der Waals surface area (Å²) in [7, 11) is 1.59. The van der Waals surface area contributed by atoms with Gasteiger partial charge in [-0.3, -0.25) is 4.79 Å². The van der Waals surface area contributed by atoms with E-state index in [0.29, 0.717) is 16.9 Å². The highest BCUT2D eigenvalue weighted by Crippen LogP contribution is 2.37. The minimum absolute atomic E-state index is 0.00837. The quantitative estimate of drug-likeness (QED) is 0.187. The number of halogens is 5. The van der Waals surface area contributed by atoms with Crippen molar-refractivity contribution >= 4 is 40.3 Å². The van der Waals surface area contributed by atoms with Gasteiger partial charge < -0.3 is 15.0 Å². The lowest BCUT2D eigenvalue weighted by Gasteiger charge is -2.24. The van der Waals surface area contributed by atoms with E-state index in [4.69, 9.17) is 0 Å². The van der Waals surface area contributed by atoms with Gasteiger partial charge in [-0.1, -0.05) is 12.2 Å². The number of hydrogen-bond donors (Lipinski definition) is 3. The topological polar surface area (TPSA) is 82.7 Å². The Morgan fingerprint density at radius 1 is 1.18 bits per heavy atom. The SMILES string of the molecule is CNc1ncnc2[nH]cc(C(=O)c3c(F)ccc(NSC4C=CC(C(F)(F)F)CC4)c3F)c12. The Kier molecular flexibility index (Phi) is 6.28. The van der Waals surface area contributed by atoms with E-state index >= 15 is 4.39 Å². The summed E-state index contributed by atoms with van der Waals surface area (Å²) < 4.78 is 70.8. The first-order valence-electron chi connectivity index (χ1n) is 9.90.